The number of benzene rings is 3. The van der Waals surface area contributed by atoms with Crippen molar-refractivity contribution in [2.45, 2.75) is 13.3 Å². The van der Waals surface area contributed by atoms with Gasteiger partial charge in [-0.25, -0.2) is 0 Å². The smallest absolute Gasteiger partial charge is 0.0607 e. The van der Waals surface area contributed by atoms with Crippen molar-refractivity contribution >= 4 is 23.1 Å². The van der Waals surface area contributed by atoms with E-state index in [1.54, 1.807) is 0 Å². The normalized spacial score (nSPS) is 11.6. The van der Waals surface area contributed by atoms with Crippen LogP contribution in [-0.2, 0) is 26.5 Å². The van der Waals surface area contributed by atoms with Gasteiger partial charge in [-0.05, 0) is 40.4 Å². The molecule has 0 amide bonds. The van der Waals surface area contributed by atoms with Crippen molar-refractivity contribution in [1.82, 2.24) is 4.98 Å². The van der Waals surface area contributed by atoms with E-state index < -0.39 is 0 Å². The van der Waals surface area contributed by atoms with Crippen molar-refractivity contribution in [3.05, 3.63) is 89.5 Å². The third-order valence-corrected chi connectivity index (χ3v) is 5.11. The molecule has 1 nitrogen and oxygen atoms in total. The van der Waals surface area contributed by atoms with Gasteiger partial charge in [0.2, 0.25) is 0 Å². The second kappa shape index (κ2) is 7.23. The van der Waals surface area contributed by atoms with Crippen molar-refractivity contribution in [3.63, 3.8) is 0 Å². The zero-order valence-electron chi connectivity index (χ0n) is 15.0. The van der Waals surface area contributed by atoms with Crippen LogP contribution in [0.25, 0.3) is 45.4 Å². The Morgan fingerprint density at radius 2 is 1.67 bits per heavy atom. The number of aromatic nitrogens is 1. The Balaban J connectivity index is 0.00000180. The Morgan fingerprint density at radius 1 is 0.852 bits per heavy atom. The van der Waals surface area contributed by atoms with Crippen molar-refractivity contribution < 1.29 is 20.1 Å². The molecule has 133 valence electrons. The maximum atomic E-state index is 4.90. The van der Waals surface area contributed by atoms with Gasteiger partial charge in [-0.2, -0.15) is 0 Å². The molecule has 1 aliphatic carbocycles. The van der Waals surface area contributed by atoms with Crippen LogP contribution in [-0.4, -0.2) is 4.98 Å². The van der Waals surface area contributed by atoms with Gasteiger partial charge in [0.05, 0.1) is 5.52 Å². The van der Waals surface area contributed by atoms with Crippen LogP contribution >= 0.6 is 0 Å². The summed E-state index contributed by atoms with van der Waals surface area (Å²) in [7, 11) is 0. The summed E-state index contributed by atoms with van der Waals surface area (Å²) >= 11 is 0. The Bertz CT molecular complexity index is 1160. The first-order chi connectivity index (χ1) is 12.8. The number of nitrogens with zero attached hydrogens (tertiary/aromatic N) is 1. The average molecular weight is 525 g/mol. The number of aryl methyl sites for hydroxylation is 1. The van der Waals surface area contributed by atoms with E-state index >= 15 is 0 Å². The largest absolute Gasteiger partial charge is 0.296 e. The fraction of sp³-hybridized carbons (Fsp3) is 0.0800. The first kappa shape index (κ1) is 17.9. The molecule has 1 heterocycles. The van der Waals surface area contributed by atoms with Gasteiger partial charge in [0.15, 0.2) is 0 Å². The Labute approximate surface area is 173 Å². The maximum absolute atomic E-state index is 4.90. The van der Waals surface area contributed by atoms with E-state index in [4.69, 9.17) is 4.98 Å². The molecule has 0 saturated heterocycles. The van der Waals surface area contributed by atoms with Crippen LogP contribution in [0.3, 0.4) is 0 Å². The molecule has 1 aliphatic rings. The van der Waals surface area contributed by atoms with Crippen LogP contribution < -0.4 is 0 Å². The van der Waals surface area contributed by atoms with Gasteiger partial charge in [-0.15, -0.1) is 35.4 Å². The summed E-state index contributed by atoms with van der Waals surface area (Å²) in [6.45, 7) is 2.18. The predicted molar refractivity (Wildman–Crippen MR) is 110 cm³/mol. The molecular formula is C25H18IrN-. The van der Waals surface area contributed by atoms with Gasteiger partial charge in [0, 0.05) is 25.5 Å². The monoisotopic (exact) mass is 525 g/mol. The Hall–Kier alpha value is -2.54. The molecule has 0 N–H and O–H groups in total. The molecule has 0 bridgehead atoms. The molecule has 4 aromatic rings. The zero-order valence-corrected chi connectivity index (χ0v) is 17.4. The Morgan fingerprint density at radius 3 is 2.48 bits per heavy atom. The average Bonchev–Trinajstić information content (AvgIpc) is 3.13. The molecule has 0 spiro atoms. The van der Waals surface area contributed by atoms with Gasteiger partial charge >= 0.3 is 0 Å². The van der Waals surface area contributed by atoms with Gasteiger partial charge < -0.3 is 0 Å². The number of hydrogen-bond acceptors (Lipinski definition) is 1. The molecule has 0 atom stereocenters. The fourth-order valence-electron chi connectivity index (χ4n) is 3.66. The van der Waals surface area contributed by atoms with E-state index in [0.717, 1.165) is 23.2 Å². The third kappa shape index (κ3) is 3.16. The maximum Gasteiger partial charge on any atom is 0.0607 e. The minimum Gasteiger partial charge on any atom is -0.296 e. The van der Waals surface area contributed by atoms with Gasteiger partial charge in [-0.3, -0.25) is 4.98 Å². The van der Waals surface area contributed by atoms with Crippen molar-refractivity contribution in [2.24, 2.45) is 0 Å². The van der Waals surface area contributed by atoms with Crippen molar-refractivity contribution in [1.29, 1.82) is 0 Å². The molecule has 0 aliphatic heterocycles. The SMILES string of the molecule is CCc1ccc(-c2cc[c-]c(-c3cc4c5c(cccc5n3)C=C4)c2)cc1.[Ir]. The van der Waals surface area contributed by atoms with E-state index in [0.29, 0.717) is 0 Å². The standard InChI is InChI=1S/C25H18N.Ir/c1-2-17-9-11-18(12-10-17)20-6-3-7-21(15-20)24-16-22-14-13-19-5-4-8-23(26-24)25(19)22;/h3-6,8-16H,2H2,1H3;/q-1;. The topological polar surface area (TPSA) is 12.9 Å². The first-order valence-corrected chi connectivity index (χ1v) is 9.05. The molecule has 0 unspecified atom stereocenters. The quantitative estimate of drug-likeness (QED) is 0.249. The minimum atomic E-state index is 0. The number of rotatable bonds is 3. The summed E-state index contributed by atoms with van der Waals surface area (Å²) in [6.07, 6.45) is 5.40. The molecule has 1 aromatic heterocycles. The summed E-state index contributed by atoms with van der Waals surface area (Å²) in [4.78, 5) is 4.90. The van der Waals surface area contributed by atoms with E-state index in [2.05, 4.69) is 85.8 Å². The molecular weight excluding hydrogens is 506 g/mol. The second-order valence-corrected chi connectivity index (χ2v) is 6.71. The van der Waals surface area contributed by atoms with Crippen LogP contribution in [0.1, 0.15) is 23.6 Å². The molecule has 27 heavy (non-hydrogen) atoms. The molecule has 3 aromatic carbocycles. The van der Waals surface area contributed by atoms with Gasteiger partial charge in [0.1, 0.15) is 0 Å². The van der Waals surface area contributed by atoms with E-state index in [-0.39, 0.29) is 20.1 Å². The molecule has 1 radical (unpaired) electrons. The summed E-state index contributed by atoms with van der Waals surface area (Å²) in [5.74, 6) is 0. The van der Waals surface area contributed by atoms with E-state index in [9.17, 15) is 0 Å². The molecule has 5 rings (SSSR count). The minimum absolute atomic E-state index is 0. The predicted octanol–water partition coefficient (Wildman–Crippen LogP) is 6.41. The summed E-state index contributed by atoms with van der Waals surface area (Å²) < 4.78 is 0. The zero-order chi connectivity index (χ0) is 17.5. The summed E-state index contributed by atoms with van der Waals surface area (Å²) in [6, 6.07) is 26.9. The van der Waals surface area contributed by atoms with Crippen molar-refractivity contribution in [2.75, 3.05) is 0 Å². The molecule has 0 fully saturated rings. The van der Waals surface area contributed by atoms with E-state index in [1.165, 1.54) is 33.2 Å². The summed E-state index contributed by atoms with van der Waals surface area (Å²) in [5.41, 5.74) is 9.34. The van der Waals surface area contributed by atoms with Gasteiger partial charge in [-0.1, -0.05) is 61.5 Å². The van der Waals surface area contributed by atoms with Gasteiger partial charge in [0.25, 0.3) is 0 Å². The summed E-state index contributed by atoms with van der Waals surface area (Å²) in [5, 5.41) is 1.25. The Kier molecular flexibility index (Phi) is 4.78. The molecule has 0 saturated carbocycles. The fourth-order valence-corrected chi connectivity index (χ4v) is 3.66. The molecule has 2 heteroatoms. The number of hydrogen-bond donors (Lipinski definition) is 0. The van der Waals surface area contributed by atoms with Crippen LogP contribution in [0, 0.1) is 6.07 Å². The van der Waals surface area contributed by atoms with Crippen LogP contribution in [0.2, 0.25) is 0 Å². The van der Waals surface area contributed by atoms with E-state index in [1.807, 2.05) is 6.07 Å². The van der Waals surface area contributed by atoms with Crippen molar-refractivity contribution in [3.8, 4) is 22.4 Å². The van der Waals surface area contributed by atoms with Crippen LogP contribution in [0.5, 0.6) is 0 Å². The van der Waals surface area contributed by atoms with Crippen LogP contribution in [0.4, 0.5) is 0 Å². The van der Waals surface area contributed by atoms with Crippen LogP contribution in [0.15, 0.2) is 66.7 Å². The first-order valence-electron chi connectivity index (χ1n) is 9.05. The third-order valence-electron chi connectivity index (χ3n) is 5.11. The second-order valence-electron chi connectivity index (χ2n) is 6.71. The number of pyridine rings is 1.